The Bertz CT molecular complexity index is 456. The molecule has 0 heterocycles. The molecular formula is C12H12ClN3. The number of nitriles is 2. The molecule has 0 fully saturated rings. The molecule has 1 rings (SSSR count). The quantitative estimate of drug-likeness (QED) is 0.807. The summed E-state index contributed by atoms with van der Waals surface area (Å²) in [5.41, 5.74) is 1.33. The first-order chi connectivity index (χ1) is 7.58. The summed E-state index contributed by atoms with van der Waals surface area (Å²) in [4.78, 5) is 1.89. The highest BCUT2D eigenvalue weighted by Crippen LogP contribution is 2.23. The van der Waals surface area contributed by atoms with E-state index in [-0.39, 0.29) is 5.92 Å². The second-order valence-corrected chi connectivity index (χ2v) is 4.12. The first kappa shape index (κ1) is 12.4. The third-order valence-electron chi connectivity index (χ3n) is 2.26. The lowest BCUT2D eigenvalue weighted by molar-refractivity contribution is 0.716. The molecule has 0 N–H and O–H groups in total. The Kier molecular flexibility index (Phi) is 4.17. The van der Waals surface area contributed by atoms with Crippen LogP contribution >= 0.6 is 11.6 Å². The van der Waals surface area contributed by atoms with Crippen molar-refractivity contribution in [1.82, 2.24) is 0 Å². The Hall–Kier alpha value is -1.71. The Balaban J connectivity index is 2.96. The van der Waals surface area contributed by atoms with E-state index >= 15 is 0 Å². The van der Waals surface area contributed by atoms with Crippen LogP contribution in [0.4, 0.5) is 5.69 Å². The number of rotatable bonds is 3. The second kappa shape index (κ2) is 5.39. The lowest BCUT2D eigenvalue weighted by atomic mass is 10.1. The maximum absolute atomic E-state index is 8.98. The number of halogens is 1. The Morgan fingerprint density at radius 1 is 1.44 bits per heavy atom. The zero-order chi connectivity index (χ0) is 12.1. The van der Waals surface area contributed by atoms with Gasteiger partial charge in [0.2, 0.25) is 0 Å². The van der Waals surface area contributed by atoms with Crippen molar-refractivity contribution in [2.75, 3.05) is 18.5 Å². The predicted molar refractivity (Wildman–Crippen MR) is 64.2 cm³/mol. The summed E-state index contributed by atoms with van der Waals surface area (Å²) >= 11 is 5.81. The molecule has 0 bridgehead atoms. The van der Waals surface area contributed by atoms with Crippen molar-refractivity contribution in [3.8, 4) is 12.1 Å². The van der Waals surface area contributed by atoms with Crippen LogP contribution in [0.25, 0.3) is 0 Å². The number of nitrogens with zero attached hydrogens (tertiary/aromatic N) is 3. The molecule has 0 amide bonds. The van der Waals surface area contributed by atoms with Gasteiger partial charge < -0.3 is 4.90 Å². The average Bonchev–Trinajstić information content (AvgIpc) is 2.28. The highest BCUT2D eigenvalue weighted by atomic mass is 35.5. The molecule has 16 heavy (non-hydrogen) atoms. The summed E-state index contributed by atoms with van der Waals surface area (Å²) in [6.07, 6.45) is 0. The SMILES string of the molecule is CC(C#N)CN(C)c1ccc(Cl)cc1C#N. The minimum atomic E-state index is -0.0766. The minimum Gasteiger partial charge on any atom is -0.372 e. The average molecular weight is 234 g/mol. The van der Waals surface area contributed by atoms with Gasteiger partial charge in [0.15, 0.2) is 0 Å². The normalized spacial score (nSPS) is 11.3. The first-order valence-electron chi connectivity index (χ1n) is 4.89. The molecule has 0 radical (unpaired) electrons. The monoisotopic (exact) mass is 233 g/mol. The van der Waals surface area contributed by atoms with E-state index in [1.165, 1.54) is 0 Å². The Morgan fingerprint density at radius 3 is 2.69 bits per heavy atom. The van der Waals surface area contributed by atoms with Gasteiger partial charge in [0.05, 0.1) is 23.2 Å². The molecule has 0 aromatic heterocycles. The van der Waals surface area contributed by atoms with E-state index in [1.807, 2.05) is 18.9 Å². The van der Waals surface area contributed by atoms with E-state index in [0.717, 1.165) is 5.69 Å². The van der Waals surface area contributed by atoms with Crippen molar-refractivity contribution in [3.63, 3.8) is 0 Å². The lowest BCUT2D eigenvalue weighted by Crippen LogP contribution is -2.23. The van der Waals surface area contributed by atoms with Crippen LogP contribution < -0.4 is 4.90 Å². The highest BCUT2D eigenvalue weighted by molar-refractivity contribution is 6.30. The molecule has 0 spiro atoms. The number of hydrogen-bond donors (Lipinski definition) is 0. The van der Waals surface area contributed by atoms with Crippen molar-refractivity contribution in [2.45, 2.75) is 6.92 Å². The summed E-state index contributed by atoms with van der Waals surface area (Å²) in [7, 11) is 1.86. The third kappa shape index (κ3) is 2.89. The van der Waals surface area contributed by atoms with Gasteiger partial charge in [-0.05, 0) is 25.1 Å². The van der Waals surface area contributed by atoms with Crippen LogP contribution in [0.3, 0.4) is 0 Å². The van der Waals surface area contributed by atoms with Crippen LogP contribution in [0, 0.1) is 28.6 Å². The minimum absolute atomic E-state index is 0.0766. The van der Waals surface area contributed by atoms with Crippen molar-refractivity contribution < 1.29 is 0 Å². The van der Waals surface area contributed by atoms with Crippen molar-refractivity contribution in [1.29, 1.82) is 10.5 Å². The third-order valence-corrected chi connectivity index (χ3v) is 2.49. The van der Waals surface area contributed by atoms with Crippen LogP contribution in [0.5, 0.6) is 0 Å². The fourth-order valence-corrected chi connectivity index (χ4v) is 1.65. The van der Waals surface area contributed by atoms with Crippen molar-refractivity contribution in [3.05, 3.63) is 28.8 Å². The molecule has 1 atom stereocenters. The summed E-state index contributed by atoms with van der Waals surface area (Å²) in [6, 6.07) is 9.43. The smallest absolute Gasteiger partial charge is 0.101 e. The number of benzene rings is 1. The van der Waals surface area contributed by atoms with E-state index in [9.17, 15) is 0 Å². The predicted octanol–water partition coefficient (Wildman–Crippen LogP) is 2.81. The van der Waals surface area contributed by atoms with Gasteiger partial charge in [0.1, 0.15) is 6.07 Å². The Labute approximate surface area is 100 Å². The van der Waals surface area contributed by atoms with Crippen molar-refractivity contribution >= 4 is 17.3 Å². The van der Waals surface area contributed by atoms with Crippen molar-refractivity contribution in [2.24, 2.45) is 5.92 Å². The Morgan fingerprint density at radius 2 is 2.12 bits per heavy atom. The lowest BCUT2D eigenvalue weighted by Gasteiger charge is -2.21. The first-order valence-corrected chi connectivity index (χ1v) is 5.26. The van der Waals surface area contributed by atoms with Gasteiger partial charge in [-0.1, -0.05) is 11.6 Å². The molecule has 0 aliphatic heterocycles. The molecule has 82 valence electrons. The summed E-state index contributed by atoms with van der Waals surface area (Å²) in [5.74, 6) is -0.0766. The zero-order valence-electron chi connectivity index (χ0n) is 9.24. The van der Waals surface area contributed by atoms with E-state index < -0.39 is 0 Å². The van der Waals surface area contributed by atoms with Gasteiger partial charge in [0.25, 0.3) is 0 Å². The van der Waals surface area contributed by atoms with Crippen LogP contribution in [0.2, 0.25) is 5.02 Å². The molecule has 1 aromatic carbocycles. The van der Waals surface area contributed by atoms with Gasteiger partial charge in [-0.3, -0.25) is 0 Å². The summed E-state index contributed by atoms with van der Waals surface area (Å²) in [5, 5.41) is 18.3. The van der Waals surface area contributed by atoms with E-state index in [0.29, 0.717) is 17.1 Å². The van der Waals surface area contributed by atoms with Crippen LogP contribution in [0.15, 0.2) is 18.2 Å². The molecule has 0 aliphatic carbocycles. The second-order valence-electron chi connectivity index (χ2n) is 3.68. The maximum Gasteiger partial charge on any atom is 0.101 e. The standard InChI is InChI=1S/C12H12ClN3/c1-9(6-14)8-16(2)12-4-3-11(13)5-10(12)7-15/h3-5,9H,8H2,1-2H3. The highest BCUT2D eigenvalue weighted by Gasteiger charge is 2.10. The van der Waals surface area contributed by atoms with Gasteiger partial charge in [-0.2, -0.15) is 10.5 Å². The van der Waals surface area contributed by atoms with Gasteiger partial charge in [0, 0.05) is 18.6 Å². The van der Waals surface area contributed by atoms with E-state index in [2.05, 4.69) is 12.1 Å². The number of anilines is 1. The molecule has 4 heteroatoms. The number of hydrogen-bond acceptors (Lipinski definition) is 3. The molecule has 1 unspecified atom stereocenters. The molecular weight excluding hydrogens is 222 g/mol. The van der Waals surface area contributed by atoms with Gasteiger partial charge in [-0.25, -0.2) is 0 Å². The van der Waals surface area contributed by atoms with Crippen LogP contribution in [0.1, 0.15) is 12.5 Å². The van der Waals surface area contributed by atoms with E-state index in [1.54, 1.807) is 18.2 Å². The fourth-order valence-electron chi connectivity index (χ4n) is 1.48. The molecule has 0 saturated carbocycles. The topological polar surface area (TPSA) is 50.8 Å². The molecule has 1 aromatic rings. The summed E-state index contributed by atoms with van der Waals surface area (Å²) in [6.45, 7) is 2.44. The fraction of sp³-hybridized carbons (Fsp3) is 0.333. The molecule has 0 aliphatic rings. The van der Waals surface area contributed by atoms with Gasteiger partial charge in [-0.15, -0.1) is 0 Å². The van der Waals surface area contributed by atoms with E-state index in [4.69, 9.17) is 22.1 Å². The molecule has 0 saturated heterocycles. The largest absolute Gasteiger partial charge is 0.372 e. The van der Waals surface area contributed by atoms with Crippen LogP contribution in [-0.2, 0) is 0 Å². The zero-order valence-corrected chi connectivity index (χ0v) is 9.99. The van der Waals surface area contributed by atoms with Crippen LogP contribution in [-0.4, -0.2) is 13.6 Å². The summed E-state index contributed by atoms with van der Waals surface area (Å²) < 4.78 is 0. The molecule has 3 nitrogen and oxygen atoms in total. The maximum atomic E-state index is 8.98. The van der Waals surface area contributed by atoms with Gasteiger partial charge >= 0.3 is 0 Å².